The maximum absolute atomic E-state index is 14.3. The molecule has 2 aromatic rings. The van der Waals surface area contributed by atoms with Crippen molar-refractivity contribution in [1.29, 1.82) is 0 Å². The molecule has 1 aliphatic heterocycles. The second-order valence-corrected chi connectivity index (χ2v) is 9.69. The highest BCUT2D eigenvalue weighted by atomic mass is 35.5. The number of sulfonamides is 1. The van der Waals surface area contributed by atoms with E-state index in [9.17, 15) is 22.0 Å². The number of halogens is 3. The molecule has 1 aliphatic rings. The maximum Gasteiger partial charge on any atom is 0.227 e. The lowest BCUT2D eigenvalue weighted by Gasteiger charge is -2.22. The average Bonchev–Trinajstić information content (AvgIpc) is 2.88. The van der Waals surface area contributed by atoms with Gasteiger partial charge < -0.3 is 4.90 Å². The van der Waals surface area contributed by atoms with Crippen molar-refractivity contribution >= 4 is 27.5 Å². The average molecular weight is 457 g/mol. The standard InChI is InChI=1S/C21H23ClF2N2O3S/c1-30(28,29)25-16-4-3-10-26(11-9-16)20(27)12-14-7-8-15(22)13-17(14)21-18(23)5-2-6-19(21)24/h2,5-8,13,16,25H,3-4,9-12H2,1H3/t16-/m0/s1. The smallest absolute Gasteiger partial charge is 0.227 e. The van der Waals surface area contributed by atoms with E-state index in [1.165, 1.54) is 12.1 Å². The number of benzene rings is 2. The molecule has 0 aromatic heterocycles. The lowest BCUT2D eigenvalue weighted by atomic mass is 9.96. The molecule has 0 radical (unpaired) electrons. The molecule has 162 valence electrons. The van der Waals surface area contributed by atoms with Crippen LogP contribution >= 0.6 is 11.6 Å². The van der Waals surface area contributed by atoms with E-state index in [0.717, 1.165) is 18.4 Å². The first kappa shape index (κ1) is 22.7. The topological polar surface area (TPSA) is 66.5 Å². The molecular weight excluding hydrogens is 434 g/mol. The molecule has 1 amide bonds. The zero-order valence-electron chi connectivity index (χ0n) is 16.5. The number of amides is 1. The van der Waals surface area contributed by atoms with Gasteiger partial charge in [0.2, 0.25) is 15.9 Å². The largest absolute Gasteiger partial charge is 0.342 e. The molecule has 0 aliphatic carbocycles. The third kappa shape index (κ3) is 5.77. The molecule has 0 spiro atoms. The van der Waals surface area contributed by atoms with E-state index in [4.69, 9.17) is 11.6 Å². The van der Waals surface area contributed by atoms with Gasteiger partial charge in [-0.25, -0.2) is 21.9 Å². The fraction of sp³-hybridized carbons (Fsp3) is 0.381. The Kier molecular flexibility index (Phi) is 7.10. The summed E-state index contributed by atoms with van der Waals surface area (Å²) in [6, 6.07) is 8.04. The zero-order chi connectivity index (χ0) is 21.9. The molecule has 0 saturated carbocycles. The van der Waals surface area contributed by atoms with Crippen molar-refractivity contribution in [3.05, 3.63) is 58.6 Å². The second-order valence-electron chi connectivity index (χ2n) is 7.47. The molecule has 0 bridgehead atoms. The van der Waals surface area contributed by atoms with Crippen LogP contribution in [0.2, 0.25) is 5.02 Å². The van der Waals surface area contributed by atoms with Gasteiger partial charge in [0.05, 0.1) is 18.2 Å². The number of hydrogen-bond acceptors (Lipinski definition) is 3. The van der Waals surface area contributed by atoms with Gasteiger partial charge in [-0.2, -0.15) is 0 Å². The van der Waals surface area contributed by atoms with Crippen LogP contribution in [0.3, 0.4) is 0 Å². The van der Waals surface area contributed by atoms with Gasteiger partial charge in [0.15, 0.2) is 0 Å². The van der Waals surface area contributed by atoms with Crippen molar-refractivity contribution in [3.63, 3.8) is 0 Å². The summed E-state index contributed by atoms with van der Waals surface area (Å²) in [5, 5.41) is 0.313. The van der Waals surface area contributed by atoms with Crippen LogP contribution in [0.4, 0.5) is 8.78 Å². The number of nitrogens with zero attached hydrogens (tertiary/aromatic N) is 1. The number of carbonyl (C=O) groups excluding carboxylic acids is 1. The molecule has 1 heterocycles. The Morgan fingerprint density at radius 3 is 2.53 bits per heavy atom. The van der Waals surface area contributed by atoms with Crippen molar-refractivity contribution in [1.82, 2.24) is 9.62 Å². The van der Waals surface area contributed by atoms with Crippen LogP contribution in [0.5, 0.6) is 0 Å². The summed E-state index contributed by atoms with van der Waals surface area (Å²) >= 11 is 6.05. The van der Waals surface area contributed by atoms with Crippen LogP contribution in [0, 0.1) is 11.6 Å². The quantitative estimate of drug-likeness (QED) is 0.745. The number of nitrogens with one attached hydrogen (secondary N) is 1. The molecular formula is C21H23ClF2N2O3S. The molecule has 1 fully saturated rings. The Balaban J connectivity index is 1.79. The van der Waals surface area contributed by atoms with E-state index in [1.54, 1.807) is 17.0 Å². The minimum absolute atomic E-state index is 0.0373. The number of hydrogen-bond donors (Lipinski definition) is 1. The lowest BCUT2D eigenvalue weighted by Crippen LogP contribution is -2.36. The third-order valence-electron chi connectivity index (χ3n) is 5.11. The summed E-state index contributed by atoms with van der Waals surface area (Å²) < 4.78 is 54.2. The molecule has 0 unspecified atom stereocenters. The number of rotatable bonds is 5. The molecule has 2 aromatic carbocycles. The summed E-state index contributed by atoms with van der Waals surface area (Å²) in [6.45, 7) is 0.904. The summed E-state index contributed by atoms with van der Waals surface area (Å²) in [7, 11) is -3.31. The van der Waals surface area contributed by atoms with E-state index < -0.39 is 21.7 Å². The highest BCUT2D eigenvalue weighted by Gasteiger charge is 2.24. The summed E-state index contributed by atoms with van der Waals surface area (Å²) in [4.78, 5) is 14.6. The first-order chi connectivity index (χ1) is 14.1. The molecule has 1 N–H and O–H groups in total. The minimum atomic E-state index is -3.31. The first-order valence-electron chi connectivity index (χ1n) is 9.62. The van der Waals surface area contributed by atoms with Crippen molar-refractivity contribution in [2.45, 2.75) is 31.7 Å². The van der Waals surface area contributed by atoms with Gasteiger partial charge in [-0.05, 0) is 54.7 Å². The van der Waals surface area contributed by atoms with Crippen LogP contribution < -0.4 is 4.72 Å². The van der Waals surface area contributed by atoms with Gasteiger partial charge in [0.25, 0.3) is 0 Å². The highest BCUT2D eigenvalue weighted by Crippen LogP contribution is 2.32. The summed E-state index contributed by atoms with van der Waals surface area (Å²) in [5.41, 5.74) is 0.512. The molecule has 1 atom stereocenters. The third-order valence-corrected chi connectivity index (χ3v) is 6.10. The van der Waals surface area contributed by atoms with Crippen molar-refractivity contribution in [2.24, 2.45) is 0 Å². The Morgan fingerprint density at radius 1 is 1.17 bits per heavy atom. The highest BCUT2D eigenvalue weighted by molar-refractivity contribution is 7.88. The van der Waals surface area contributed by atoms with Crippen LogP contribution in [-0.2, 0) is 21.2 Å². The summed E-state index contributed by atoms with van der Waals surface area (Å²) in [6.07, 6.45) is 2.89. The van der Waals surface area contributed by atoms with Crippen molar-refractivity contribution < 1.29 is 22.0 Å². The van der Waals surface area contributed by atoms with Crippen molar-refractivity contribution in [3.8, 4) is 11.1 Å². The predicted molar refractivity (Wildman–Crippen MR) is 113 cm³/mol. The maximum atomic E-state index is 14.3. The SMILES string of the molecule is CS(=O)(=O)N[C@H]1CCCN(C(=O)Cc2ccc(Cl)cc2-c2c(F)cccc2F)CC1. The lowest BCUT2D eigenvalue weighted by molar-refractivity contribution is -0.130. The van der Waals surface area contributed by atoms with Crippen LogP contribution in [-0.4, -0.2) is 44.6 Å². The van der Waals surface area contributed by atoms with Gasteiger partial charge in [-0.15, -0.1) is 0 Å². The fourth-order valence-electron chi connectivity index (χ4n) is 3.73. The van der Waals surface area contributed by atoms with Gasteiger partial charge in [-0.3, -0.25) is 4.79 Å². The Bertz CT molecular complexity index is 1030. The molecule has 30 heavy (non-hydrogen) atoms. The van der Waals surface area contributed by atoms with E-state index in [2.05, 4.69) is 4.72 Å². The van der Waals surface area contributed by atoms with Crippen LogP contribution in [0.15, 0.2) is 36.4 Å². The Morgan fingerprint density at radius 2 is 1.87 bits per heavy atom. The van der Waals surface area contributed by atoms with E-state index in [1.807, 2.05) is 0 Å². The minimum Gasteiger partial charge on any atom is -0.342 e. The number of carbonyl (C=O) groups is 1. The Labute approximate surface area is 180 Å². The second kappa shape index (κ2) is 9.41. The zero-order valence-corrected chi connectivity index (χ0v) is 18.1. The van der Waals surface area contributed by atoms with E-state index >= 15 is 0 Å². The molecule has 5 nitrogen and oxygen atoms in total. The first-order valence-corrected chi connectivity index (χ1v) is 11.9. The summed E-state index contributed by atoms with van der Waals surface area (Å²) in [5.74, 6) is -1.64. The van der Waals surface area contributed by atoms with Gasteiger partial charge in [0.1, 0.15) is 11.6 Å². The van der Waals surface area contributed by atoms with Gasteiger partial charge >= 0.3 is 0 Å². The van der Waals surface area contributed by atoms with Crippen molar-refractivity contribution in [2.75, 3.05) is 19.3 Å². The number of likely N-dealkylation sites (tertiary alicyclic amines) is 1. The Hall–Kier alpha value is -2.03. The van der Waals surface area contributed by atoms with Crippen LogP contribution in [0.25, 0.3) is 11.1 Å². The monoisotopic (exact) mass is 456 g/mol. The van der Waals surface area contributed by atoms with E-state index in [-0.39, 0.29) is 29.5 Å². The molecule has 1 saturated heterocycles. The van der Waals surface area contributed by atoms with Gasteiger partial charge in [0, 0.05) is 24.2 Å². The molecule has 3 rings (SSSR count). The van der Waals surface area contributed by atoms with Gasteiger partial charge in [-0.1, -0.05) is 23.7 Å². The normalized spacial score (nSPS) is 17.6. The molecule has 9 heteroatoms. The van der Waals surface area contributed by atoms with Crippen LogP contribution in [0.1, 0.15) is 24.8 Å². The van der Waals surface area contributed by atoms with E-state index in [0.29, 0.717) is 42.9 Å². The predicted octanol–water partition coefficient (Wildman–Crippen LogP) is 3.76. The fourth-order valence-corrected chi connectivity index (χ4v) is 4.75.